The number of carbonyl (C=O) groups is 2. The second-order valence-corrected chi connectivity index (χ2v) is 8.74. The molecule has 6 nitrogen and oxygen atoms in total. The van der Waals surface area contributed by atoms with Crippen molar-refractivity contribution in [3.05, 3.63) is 58.3 Å². The number of allylic oxidation sites excluding steroid dienone is 1. The number of hydrogen-bond acceptors (Lipinski definition) is 5. The van der Waals surface area contributed by atoms with Gasteiger partial charge < -0.3 is 9.64 Å². The van der Waals surface area contributed by atoms with Crippen molar-refractivity contribution >= 4 is 48.3 Å². The SMILES string of the molecule is COC(=O)C1=CN(C)C(=O)[C@@H]2C(CN3CCN(Cc4ccc(Cl)cc4)CC3)=CC[C@H]12.Cl.Cl. The number of rotatable bonds is 5. The number of carbonyl (C=O) groups excluding carboxylic acids is 2. The minimum absolute atomic E-state index is 0. The predicted octanol–water partition coefficient (Wildman–Crippen LogP) is 3.39. The van der Waals surface area contributed by atoms with E-state index in [0.717, 1.165) is 56.3 Å². The van der Waals surface area contributed by atoms with E-state index in [2.05, 4.69) is 28.0 Å². The van der Waals surface area contributed by atoms with Gasteiger partial charge in [-0.2, -0.15) is 0 Å². The van der Waals surface area contributed by atoms with E-state index in [9.17, 15) is 9.59 Å². The molecule has 1 aromatic rings. The Morgan fingerprint density at radius 2 is 1.66 bits per heavy atom. The number of nitrogens with zero attached hydrogens (tertiary/aromatic N) is 3. The summed E-state index contributed by atoms with van der Waals surface area (Å²) >= 11 is 5.98. The monoisotopic (exact) mass is 501 g/mol. The minimum atomic E-state index is -0.338. The van der Waals surface area contributed by atoms with Crippen LogP contribution in [0.15, 0.2) is 47.7 Å². The van der Waals surface area contributed by atoms with Crippen LogP contribution in [0, 0.1) is 11.8 Å². The van der Waals surface area contributed by atoms with Gasteiger partial charge >= 0.3 is 5.97 Å². The summed E-state index contributed by atoms with van der Waals surface area (Å²) in [4.78, 5) is 31.4. The number of piperazine rings is 1. The van der Waals surface area contributed by atoms with E-state index < -0.39 is 0 Å². The Morgan fingerprint density at radius 3 is 2.25 bits per heavy atom. The molecule has 0 spiro atoms. The summed E-state index contributed by atoms with van der Waals surface area (Å²) < 4.78 is 4.94. The third-order valence-electron chi connectivity index (χ3n) is 6.39. The Balaban J connectivity index is 0.00000181. The fraction of sp³-hybridized carbons (Fsp3) is 0.478. The van der Waals surface area contributed by atoms with Gasteiger partial charge in [0, 0.05) is 63.5 Å². The number of amides is 1. The summed E-state index contributed by atoms with van der Waals surface area (Å²) in [5, 5.41) is 0.764. The van der Waals surface area contributed by atoms with E-state index >= 15 is 0 Å². The normalized spacial score (nSPS) is 23.5. The van der Waals surface area contributed by atoms with Crippen LogP contribution in [-0.2, 0) is 20.9 Å². The van der Waals surface area contributed by atoms with Crippen molar-refractivity contribution in [3.8, 4) is 0 Å². The number of benzene rings is 1. The van der Waals surface area contributed by atoms with Crippen LogP contribution in [0.5, 0.6) is 0 Å². The Bertz CT molecular complexity index is 880. The first kappa shape index (κ1) is 26.7. The molecule has 1 fully saturated rings. The van der Waals surface area contributed by atoms with Crippen molar-refractivity contribution in [1.82, 2.24) is 14.7 Å². The zero-order valence-corrected chi connectivity index (χ0v) is 20.7. The van der Waals surface area contributed by atoms with Gasteiger partial charge in [-0.05, 0) is 29.7 Å². The number of esters is 1. The van der Waals surface area contributed by atoms with Crippen LogP contribution in [0.3, 0.4) is 0 Å². The van der Waals surface area contributed by atoms with Crippen molar-refractivity contribution in [1.29, 1.82) is 0 Å². The summed E-state index contributed by atoms with van der Waals surface area (Å²) in [7, 11) is 3.11. The smallest absolute Gasteiger partial charge is 0.335 e. The molecule has 0 radical (unpaired) electrons. The predicted molar refractivity (Wildman–Crippen MR) is 130 cm³/mol. The number of halogens is 3. The second-order valence-electron chi connectivity index (χ2n) is 8.30. The average Bonchev–Trinajstić information content (AvgIpc) is 3.17. The van der Waals surface area contributed by atoms with E-state index in [-0.39, 0.29) is 48.5 Å². The summed E-state index contributed by atoms with van der Waals surface area (Å²) in [5.41, 5.74) is 3.01. The van der Waals surface area contributed by atoms with E-state index in [0.29, 0.717) is 5.57 Å². The van der Waals surface area contributed by atoms with E-state index in [1.807, 2.05) is 12.1 Å². The molecular weight excluding hydrogens is 473 g/mol. The molecule has 176 valence electrons. The van der Waals surface area contributed by atoms with Crippen molar-refractivity contribution in [2.24, 2.45) is 11.8 Å². The molecule has 1 saturated heterocycles. The van der Waals surface area contributed by atoms with Crippen molar-refractivity contribution in [2.75, 3.05) is 46.9 Å². The number of hydrogen-bond donors (Lipinski definition) is 0. The van der Waals surface area contributed by atoms with Gasteiger partial charge in [0.25, 0.3) is 0 Å². The number of fused-ring (bicyclic) bond motifs is 1. The van der Waals surface area contributed by atoms with Crippen molar-refractivity contribution < 1.29 is 14.3 Å². The molecule has 2 heterocycles. The quantitative estimate of drug-likeness (QED) is 0.456. The van der Waals surface area contributed by atoms with Crippen LogP contribution in [0.25, 0.3) is 0 Å². The molecule has 1 amide bonds. The fourth-order valence-corrected chi connectivity index (χ4v) is 4.85. The number of methoxy groups -OCH3 is 1. The third-order valence-corrected chi connectivity index (χ3v) is 6.65. The molecule has 0 bridgehead atoms. The van der Waals surface area contributed by atoms with E-state index in [1.54, 1.807) is 13.2 Å². The van der Waals surface area contributed by atoms with Crippen LogP contribution >= 0.6 is 36.4 Å². The van der Waals surface area contributed by atoms with Gasteiger partial charge in [0.1, 0.15) is 0 Å². The highest BCUT2D eigenvalue weighted by Crippen LogP contribution is 2.41. The Kier molecular flexibility index (Phi) is 9.61. The maximum atomic E-state index is 12.8. The minimum Gasteiger partial charge on any atom is -0.466 e. The molecule has 1 aliphatic carbocycles. The highest BCUT2D eigenvalue weighted by Gasteiger charge is 2.44. The fourth-order valence-electron chi connectivity index (χ4n) is 4.72. The van der Waals surface area contributed by atoms with Gasteiger partial charge in [0.15, 0.2) is 0 Å². The average molecular weight is 503 g/mol. The Hall–Kier alpha value is -1.57. The second kappa shape index (κ2) is 11.5. The summed E-state index contributed by atoms with van der Waals surface area (Å²) in [6.07, 6.45) is 4.52. The highest BCUT2D eigenvalue weighted by molar-refractivity contribution is 6.30. The lowest BCUT2D eigenvalue weighted by Crippen LogP contribution is -2.47. The topological polar surface area (TPSA) is 53.1 Å². The lowest BCUT2D eigenvalue weighted by molar-refractivity contribution is -0.138. The molecule has 0 saturated carbocycles. The van der Waals surface area contributed by atoms with Crippen molar-refractivity contribution in [2.45, 2.75) is 13.0 Å². The zero-order chi connectivity index (χ0) is 21.3. The molecule has 1 aromatic carbocycles. The van der Waals surface area contributed by atoms with Gasteiger partial charge in [-0.25, -0.2) is 4.79 Å². The maximum absolute atomic E-state index is 12.8. The maximum Gasteiger partial charge on any atom is 0.335 e. The largest absolute Gasteiger partial charge is 0.466 e. The first-order valence-electron chi connectivity index (χ1n) is 10.4. The third kappa shape index (κ3) is 5.67. The lowest BCUT2D eigenvalue weighted by atomic mass is 9.82. The van der Waals surface area contributed by atoms with Gasteiger partial charge in [0.05, 0.1) is 18.6 Å². The molecule has 4 rings (SSSR count). The molecule has 3 aliphatic rings. The van der Waals surface area contributed by atoms with Crippen LogP contribution < -0.4 is 0 Å². The zero-order valence-electron chi connectivity index (χ0n) is 18.3. The molecule has 0 unspecified atom stereocenters. The van der Waals surface area contributed by atoms with Crippen LogP contribution in [0.4, 0.5) is 0 Å². The molecule has 0 N–H and O–H groups in total. The standard InChI is InChI=1S/C23H28ClN3O3.2ClH/c1-25-15-20(23(29)30-2)19-8-5-17(21(19)22(25)28)14-27-11-9-26(10-12-27)13-16-3-6-18(24)7-4-16;;/h3-7,15,19,21H,8-14H2,1-2H3;2*1H/t19-,21-;;/m1../s1. The molecule has 2 atom stereocenters. The van der Waals surface area contributed by atoms with E-state index in [1.165, 1.54) is 17.6 Å². The first-order valence-corrected chi connectivity index (χ1v) is 10.8. The molecule has 0 aromatic heterocycles. The molecule has 9 heteroatoms. The molecule has 2 aliphatic heterocycles. The first-order chi connectivity index (χ1) is 14.5. The van der Waals surface area contributed by atoms with Crippen LogP contribution in [0.2, 0.25) is 5.02 Å². The summed E-state index contributed by atoms with van der Waals surface area (Å²) in [5.74, 6) is -0.615. The summed E-state index contributed by atoms with van der Waals surface area (Å²) in [6, 6.07) is 8.03. The van der Waals surface area contributed by atoms with Crippen molar-refractivity contribution in [3.63, 3.8) is 0 Å². The van der Waals surface area contributed by atoms with Gasteiger partial charge in [-0.15, -0.1) is 24.8 Å². The highest BCUT2D eigenvalue weighted by atomic mass is 35.5. The summed E-state index contributed by atoms with van der Waals surface area (Å²) in [6.45, 7) is 5.62. The number of ether oxygens (including phenoxy) is 1. The molecular formula is C23H30Cl3N3O3. The lowest BCUT2D eigenvalue weighted by Gasteiger charge is -2.37. The van der Waals surface area contributed by atoms with Crippen LogP contribution in [0.1, 0.15) is 12.0 Å². The van der Waals surface area contributed by atoms with Gasteiger partial charge in [-0.3, -0.25) is 14.6 Å². The Labute approximate surface area is 207 Å². The molecule has 32 heavy (non-hydrogen) atoms. The van der Waals surface area contributed by atoms with Gasteiger partial charge in [-0.1, -0.05) is 29.8 Å². The Morgan fingerprint density at radius 1 is 1.06 bits per heavy atom. The van der Waals surface area contributed by atoms with Crippen LogP contribution in [-0.4, -0.2) is 73.5 Å². The van der Waals surface area contributed by atoms with Gasteiger partial charge in [0.2, 0.25) is 5.91 Å². The van der Waals surface area contributed by atoms with E-state index in [4.69, 9.17) is 16.3 Å².